The molecule has 1 fully saturated rings. The van der Waals surface area contributed by atoms with Gasteiger partial charge >= 0.3 is 0 Å². The Morgan fingerprint density at radius 1 is 1.28 bits per heavy atom. The van der Waals surface area contributed by atoms with Crippen LogP contribution in [0.1, 0.15) is 12.8 Å². The lowest BCUT2D eigenvalue weighted by Crippen LogP contribution is -2.37. The van der Waals surface area contributed by atoms with E-state index in [9.17, 15) is 4.39 Å². The second-order valence-electron chi connectivity index (χ2n) is 5.60. The molecule has 1 aromatic heterocycles. The molecule has 1 aliphatic rings. The number of nitrogens with zero attached hydrogens (tertiary/aromatic N) is 4. The zero-order valence-electron chi connectivity index (χ0n) is 14.2. The summed E-state index contributed by atoms with van der Waals surface area (Å²) in [5.41, 5.74) is 6.43. The molecule has 0 aliphatic carbocycles. The number of halogens is 1. The fourth-order valence-electron chi connectivity index (χ4n) is 2.84. The van der Waals surface area contributed by atoms with Crippen molar-refractivity contribution in [3.63, 3.8) is 0 Å². The second kappa shape index (κ2) is 7.47. The number of nitrogens with two attached hydrogens (primary N) is 1. The van der Waals surface area contributed by atoms with Crippen molar-refractivity contribution in [2.24, 2.45) is 0 Å². The Kier molecular flexibility index (Phi) is 5.13. The van der Waals surface area contributed by atoms with Gasteiger partial charge in [0.2, 0.25) is 17.8 Å². The first-order chi connectivity index (χ1) is 12.1. The average molecular weight is 348 g/mol. The molecule has 0 saturated carbocycles. The minimum Gasteiger partial charge on any atom is -0.494 e. The molecule has 9 heteroatoms. The van der Waals surface area contributed by atoms with Crippen LogP contribution in [-0.4, -0.2) is 48.4 Å². The summed E-state index contributed by atoms with van der Waals surface area (Å²) >= 11 is 0. The van der Waals surface area contributed by atoms with Gasteiger partial charge in [-0.05, 0) is 25.0 Å². The lowest BCUT2D eigenvalue weighted by molar-refractivity contribution is 0.0863. The second-order valence-corrected chi connectivity index (χ2v) is 5.60. The molecular weight excluding hydrogens is 327 g/mol. The Balaban J connectivity index is 2.06. The number of ether oxygens (including phenoxy) is 2. The monoisotopic (exact) mass is 348 g/mol. The average Bonchev–Trinajstić information content (AvgIpc) is 2.62. The van der Waals surface area contributed by atoms with Crippen molar-refractivity contribution in [3.8, 4) is 5.75 Å². The highest BCUT2D eigenvalue weighted by Gasteiger charge is 2.27. The molecule has 0 amide bonds. The fraction of sp³-hybridized carbons (Fsp3) is 0.438. The van der Waals surface area contributed by atoms with Gasteiger partial charge in [0.1, 0.15) is 0 Å². The van der Waals surface area contributed by atoms with Crippen LogP contribution in [0.4, 0.5) is 27.9 Å². The first kappa shape index (κ1) is 17.2. The van der Waals surface area contributed by atoms with E-state index in [1.165, 1.54) is 13.2 Å². The van der Waals surface area contributed by atoms with E-state index >= 15 is 0 Å². The van der Waals surface area contributed by atoms with Gasteiger partial charge in [-0.2, -0.15) is 15.0 Å². The van der Waals surface area contributed by atoms with Crippen molar-refractivity contribution in [1.29, 1.82) is 0 Å². The number of methoxy groups -OCH3 is 1. The molecule has 0 unspecified atom stereocenters. The number of anilines is 4. The van der Waals surface area contributed by atoms with Gasteiger partial charge in [-0.3, -0.25) is 0 Å². The summed E-state index contributed by atoms with van der Waals surface area (Å²) < 4.78 is 24.7. The minimum atomic E-state index is -0.451. The van der Waals surface area contributed by atoms with E-state index in [0.717, 1.165) is 12.8 Å². The predicted octanol–water partition coefficient (Wildman–Crippen LogP) is 1.96. The molecule has 1 saturated heterocycles. The normalized spacial score (nSPS) is 15.0. The lowest BCUT2D eigenvalue weighted by Gasteiger charge is -2.34. The molecule has 2 aromatic rings. The summed E-state index contributed by atoms with van der Waals surface area (Å²) in [5, 5.41) is 2.86. The summed E-state index contributed by atoms with van der Waals surface area (Å²) in [4.78, 5) is 14.5. The molecule has 2 heterocycles. The van der Waals surface area contributed by atoms with Gasteiger partial charge in [0.05, 0.1) is 7.11 Å². The molecule has 134 valence electrons. The van der Waals surface area contributed by atoms with Crippen LogP contribution in [0.5, 0.6) is 5.75 Å². The van der Waals surface area contributed by atoms with Gasteiger partial charge in [-0.25, -0.2) is 4.39 Å². The van der Waals surface area contributed by atoms with Crippen LogP contribution in [0.2, 0.25) is 0 Å². The molecule has 1 aliphatic heterocycles. The lowest BCUT2D eigenvalue weighted by atomic mass is 10.1. The Morgan fingerprint density at radius 3 is 2.68 bits per heavy atom. The molecular formula is C16H21FN6O2. The van der Waals surface area contributed by atoms with Crippen LogP contribution in [0, 0.1) is 5.82 Å². The largest absolute Gasteiger partial charge is 0.494 e. The third-order valence-electron chi connectivity index (χ3n) is 4.05. The van der Waals surface area contributed by atoms with Crippen LogP contribution in [0.3, 0.4) is 0 Å². The molecule has 3 N–H and O–H groups in total. The van der Waals surface area contributed by atoms with Gasteiger partial charge in [0.25, 0.3) is 0 Å². The zero-order chi connectivity index (χ0) is 17.8. The first-order valence-corrected chi connectivity index (χ1v) is 8.02. The number of hydrogen-bond donors (Lipinski definition) is 2. The first-order valence-electron chi connectivity index (χ1n) is 8.02. The third-order valence-corrected chi connectivity index (χ3v) is 4.05. The Bertz CT molecular complexity index is 739. The smallest absolute Gasteiger partial charge is 0.236 e. The summed E-state index contributed by atoms with van der Waals surface area (Å²) in [6.07, 6.45) is 1.54. The highest BCUT2D eigenvalue weighted by Crippen LogP contribution is 2.32. The molecule has 8 nitrogen and oxygen atoms in total. The van der Waals surface area contributed by atoms with E-state index in [0.29, 0.717) is 30.8 Å². The van der Waals surface area contributed by atoms with Crippen LogP contribution in [0.25, 0.3) is 0 Å². The molecule has 0 bridgehead atoms. The van der Waals surface area contributed by atoms with E-state index in [2.05, 4.69) is 20.3 Å². The third kappa shape index (κ3) is 3.71. The molecule has 25 heavy (non-hydrogen) atoms. The van der Waals surface area contributed by atoms with Crippen molar-refractivity contribution in [1.82, 2.24) is 15.0 Å². The van der Waals surface area contributed by atoms with E-state index in [4.69, 9.17) is 15.2 Å². The SMILES string of the molecule is CNc1nc(N)nc(N(c2ccc(OC)c(F)c2)C2CCOCC2)n1. The summed E-state index contributed by atoms with van der Waals surface area (Å²) in [6, 6.07) is 4.83. The summed E-state index contributed by atoms with van der Waals surface area (Å²) in [5.74, 6) is 0.553. The standard InChI is InChI=1S/C16H21FN6O2/c1-19-15-20-14(18)21-16(22-15)23(10-5-7-25-8-6-10)11-3-4-13(24-2)12(17)9-11/h3-4,9-10H,5-8H2,1-2H3,(H3,18,19,20,21,22). The number of nitrogen functional groups attached to an aromatic ring is 1. The van der Waals surface area contributed by atoms with Crippen LogP contribution in [0.15, 0.2) is 18.2 Å². The highest BCUT2D eigenvalue weighted by atomic mass is 19.1. The minimum absolute atomic E-state index is 0.0630. The number of benzene rings is 1. The summed E-state index contributed by atoms with van der Waals surface area (Å²) in [6.45, 7) is 1.25. The number of aromatic nitrogens is 3. The molecule has 0 spiro atoms. The van der Waals surface area contributed by atoms with Gasteiger partial charge in [-0.1, -0.05) is 0 Å². The maximum absolute atomic E-state index is 14.3. The van der Waals surface area contributed by atoms with E-state index in [1.807, 2.05) is 4.90 Å². The van der Waals surface area contributed by atoms with Crippen molar-refractivity contribution >= 4 is 23.5 Å². The van der Waals surface area contributed by atoms with Gasteiger partial charge in [0, 0.05) is 38.1 Å². The topological polar surface area (TPSA) is 98.4 Å². The maximum atomic E-state index is 14.3. The van der Waals surface area contributed by atoms with Crippen molar-refractivity contribution in [3.05, 3.63) is 24.0 Å². The van der Waals surface area contributed by atoms with E-state index < -0.39 is 5.82 Å². The summed E-state index contributed by atoms with van der Waals surface area (Å²) in [7, 11) is 3.13. The molecule has 3 rings (SSSR count). The Hall–Kier alpha value is -2.68. The van der Waals surface area contributed by atoms with Gasteiger partial charge in [-0.15, -0.1) is 0 Å². The quantitative estimate of drug-likeness (QED) is 0.846. The molecule has 0 atom stereocenters. The van der Waals surface area contributed by atoms with Gasteiger partial charge in [0.15, 0.2) is 11.6 Å². The van der Waals surface area contributed by atoms with E-state index in [-0.39, 0.29) is 17.7 Å². The van der Waals surface area contributed by atoms with Crippen LogP contribution >= 0.6 is 0 Å². The van der Waals surface area contributed by atoms with Crippen LogP contribution in [-0.2, 0) is 4.74 Å². The van der Waals surface area contributed by atoms with Crippen molar-refractivity contribution in [2.75, 3.05) is 43.3 Å². The number of nitrogens with one attached hydrogen (secondary N) is 1. The zero-order valence-corrected chi connectivity index (χ0v) is 14.2. The fourth-order valence-corrected chi connectivity index (χ4v) is 2.84. The van der Waals surface area contributed by atoms with Crippen LogP contribution < -0.4 is 20.7 Å². The Labute approximate surface area is 145 Å². The molecule has 0 radical (unpaired) electrons. The van der Waals surface area contributed by atoms with Crippen molar-refractivity contribution < 1.29 is 13.9 Å². The maximum Gasteiger partial charge on any atom is 0.236 e. The van der Waals surface area contributed by atoms with E-state index in [1.54, 1.807) is 19.2 Å². The predicted molar refractivity (Wildman–Crippen MR) is 92.7 cm³/mol. The number of rotatable bonds is 5. The number of hydrogen-bond acceptors (Lipinski definition) is 8. The van der Waals surface area contributed by atoms with Crippen molar-refractivity contribution in [2.45, 2.75) is 18.9 Å². The molecule has 1 aromatic carbocycles. The van der Waals surface area contributed by atoms with Gasteiger partial charge < -0.3 is 25.4 Å². The Morgan fingerprint density at radius 2 is 2.04 bits per heavy atom. The highest BCUT2D eigenvalue weighted by molar-refractivity contribution is 5.61.